The highest BCUT2D eigenvalue weighted by Gasteiger charge is 2.18. The Morgan fingerprint density at radius 1 is 1.47 bits per heavy atom. The van der Waals surface area contributed by atoms with Gasteiger partial charge in [-0.2, -0.15) is 0 Å². The van der Waals surface area contributed by atoms with E-state index in [4.69, 9.17) is 0 Å². The van der Waals surface area contributed by atoms with Crippen molar-refractivity contribution in [3.8, 4) is 0 Å². The second-order valence-electron chi connectivity index (χ2n) is 4.53. The molecular formula is C13H20N2. The van der Waals surface area contributed by atoms with Crippen LogP contribution in [-0.2, 0) is 6.42 Å². The van der Waals surface area contributed by atoms with Crippen molar-refractivity contribution in [3.63, 3.8) is 0 Å². The Morgan fingerprint density at radius 3 is 3.00 bits per heavy atom. The summed E-state index contributed by atoms with van der Waals surface area (Å²) in [5.41, 5.74) is 4.13. The lowest BCUT2D eigenvalue weighted by molar-refractivity contribution is 0.617. The van der Waals surface area contributed by atoms with E-state index in [9.17, 15) is 0 Å². The number of nitrogens with one attached hydrogen (secondary N) is 1. The van der Waals surface area contributed by atoms with Gasteiger partial charge >= 0.3 is 0 Å². The van der Waals surface area contributed by atoms with E-state index in [2.05, 4.69) is 49.3 Å². The van der Waals surface area contributed by atoms with Gasteiger partial charge in [0, 0.05) is 20.1 Å². The highest BCUT2D eigenvalue weighted by Crippen LogP contribution is 2.32. The van der Waals surface area contributed by atoms with Gasteiger partial charge in [0.05, 0.1) is 11.4 Å². The number of rotatable bonds is 1. The van der Waals surface area contributed by atoms with E-state index in [0.29, 0.717) is 5.92 Å². The van der Waals surface area contributed by atoms with Crippen LogP contribution in [0.4, 0.5) is 11.4 Å². The highest BCUT2D eigenvalue weighted by atomic mass is 15.1. The molecule has 0 spiro atoms. The minimum Gasteiger partial charge on any atom is -0.383 e. The number of anilines is 2. The fraction of sp³-hybridized carbons (Fsp3) is 0.538. The Kier molecular flexibility index (Phi) is 2.85. The van der Waals surface area contributed by atoms with Crippen LogP contribution >= 0.6 is 0 Å². The minimum absolute atomic E-state index is 0.701. The van der Waals surface area contributed by atoms with Gasteiger partial charge in [-0.05, 0) is 24.0 Å². The van der Waals surface area contributed by atoms with Crippen LogP contribution in [0.5, 0.6) is 0 Å². The third-order valence-corrected chi connectivity index (χ3v) is 3.11. The summed E-state index contributed by atoms with van der Waals surface area (Å²) in [4.78, 5) is 2.39. The van der Waals surface area contributed by atoms with Crippen LogP contribution in [0.3, 0.4) is 0 Å². The zero-order chi connectivity index (χ0) is 10.8. The molecule has 1 aliphatic rings. The second kappa shape index (κ2) is 4.13. The van der Waals surface area contributed by atoms with E-state index in [1.165, 1.54) is 16.9 Å². The average Bonchev–Trinajstić information content (AvgIpc) is 2.38. The SMILES string of the molecule is CCc1cccc2c1N(C)CC(C)CN2. The van der Waals surface area contributed by atoms with Crippen LogP contribution in [0.2, 0.25) is 0 Å². The molecule has 2 nitrogen and oxygen atoms in total. The molecule has 0 fully saturated rings. The summed E-state index contributed by atoms with van der Waals surface area (Å²) < 4.78 is 0. The molecule has 1 atom stereocenters. The van der Waals surface area contributed by atoms with Gasteiger partial charge < -0.3 is 10.2 Å². The molecule has 15 heavy (non-hydrogen) atoms. The van der Waals surface area contributed by atoms with E-state index >= 15 is 0 Å². The molecule has 0 aromatic heterocycles. The predicted molar refractivity (Wildman–Crippen MR) is 66.7 cm³/mol. The van der Waals surface area contributed by atoms with Crippen LogP contribution in [0.25, 0.3) is 0 Å². The first-order valence-corrected chi connectivity index (χ1v) is 5.79. The molecule has 1 N–H and O–H groups in total. The quantitative estimate of drug-likeness (QED) is 0.756. The normalized spacial score (nSPS) is 20.5. The highest BCUT2D eigenvalue weighted by molar-refractivity contribution is 5.74. The van der Waals surface area contributed by atoms with E-state index in [0.717, 1.165) is 19.5 Å². The minimum atomic E-state index is 0.701. The first-order valence-electron chi connectivity index (χ1n) is 5.79. The predicted octanol–water partition coefficient (Wildman–Crippen LogP) is 2.75. The lowest BCUT2D eigenvalue weighted by Gasteiger charge is -2.23. The molecule has 1 aliphatic heterocycles. The van der Waals surface area contributed by atoms with E-state index < -0.39 is 0 Å². The third kappa shape index (κ3) is 1.94. The topological polar surface area (TPSA) is 15.3 Å². The van der Waals surface area contributed by atoms with Gasteiger partial charge in [0.15, 0.2) is 0 Å². The number of benzene rings is 1. The first kappa shape index (κ1) is 10.3. The van der Waals surface area contributed by atoms with Crippen molar-refractivity contribution in [2.24, 2.45) is 5.92 Å². The molecule has 1 aromatic rings. The number of hydrogen-bond donors (Lipinski definition) is 1. The van der Waals surface area contributed by atoms with Gasteiger partial charge in [-0.3, -0.25) is 0 Å². The molecule has 1 aromatic carbocycles. The molecule has 0 aliphatic carbocycles. The summed E-state index contributed by atoms with van der Waals surface area (Å²) in [7, 11) is 2.20. The number of fused-ring (bicyclic) bond motifs is 1. The molecule has 2 heteroatoms. The molecule has 0 saturated carbocycles. The third-order valence-electron chi connectivity index (χ3n) is 3.11. The van der Waals surface area contributed by atoms with Crippen molar-refractivity contribution in [1.82, 2.24) is 0 Å². The zero-order valence-corrected chi connectivity index (χ0v) is 9.88. The first-order chi connectivity index (χ1) is 7.22. The number of nitrogens with zero attached hydrogens (tertiary/aromatic N) is 1. The molecule has 2 rings (SSSR count). The van der Waals surface area contributed by atoms with Gasteiger partial charge in [-0.25, -0.2) is 0 Å². The van der Waals surface area contributed by atoms with Crippen molar-refractivity contribution >= 4 is 11.4 Å². The van der Waals surface area contributed by atoms with Crippen LogP contribution in [0.1, 0.15) is 19.4 Å². The Balaban J connectivity index is 2.44. The van der Waals surface area contributed by atoms with Crippen molar-refractivity contribution < 1.29 is 0 Å². The fourth-order valence-corrected chi connectivity index (χ4v) is 2.38. The van der Waals surface area contributed by atoms with Crippen LogP contribution in [0, 0.1) is 5.92 Å². The van der Waals surface area contributed by atoms with E-state index in [1.807, 2.05) is 0 Å². The smallest absolute Gasteiger partial charge is 0.0631 e. The fourth-order valence-electron chi connectivity index (χ4n) is 2.38. The van der Waals surface area contributed by atoms with Crippen LogP contribution in [0.15, 0.2) is 18.2 Å². The monoisotopic (exact) mass is 204 g/mol. The molecule has 0 bridgehead atoms. The Hall–Kier alpha value is -1.18. The molecule has 0 saturated heterocycles. The Labute approximate surface area is 92.3 Å². The summed E-state index contributed by atoms with van der Waals surface area (Å²) in [6.45, 7) is 6.72. The van der Waals surface area contributed by atoms with Gasteiger partial charge in [-0.15, -0.1) is 0 Å². The van der Waals surface area contributed by atoms with Crippen molar-refractivity contribution in [2.75, 3.05) is 30.4 Å². The Bertz CT molecular complexity index is 346. The lowest BCUT2D eigenvalue weighted by atomic mass is 10.1. The number of hydrogen-bond acceptors (Lipinski definition) is 2. The van der Waals surface area contributed by atoms with Gasteiger partial charge in [0.1, 0.15) is 0 Å². The Morgan fingerprint density at radius 2 is 2.27 bits per heavy atom. The summed E-state index contributed by atoms with van der Waals surface area (Å²) in [6, 6.07) is 6.56. The standard InChI is InChI=1S/C13H20N2/c1-4-11-6-5-7-12-13(11)15(3)9-10(2)8-14-12/h5-7,10,14H,4,8-9H2,1-3H3. The summed E-state index contributed by atoms with van der Waals surface area (Å²) in [5, 5.41) is 3.54. The average molecular weight is 204 g/mol. The summed E-state index contributed by atoms with van der Waals surface area (Å²) in [6.07, 6.45) is 1.10. The maximum Gasteiger partial charge on any atom is 0.0631 e. The maximum absolute atomic E-state index is 3.54. The molecule has 0 radical (unpaired) electrons. The molecular weight excluding hydrogens is 184 g/mol. The lowest BCUT2D eigenvalue weighted by Crippen LogP contribution is -2.24. The molecule has 0 amide bonds. The van der Waals surface area contributed by atoms with Gasteiger partial charge in [0.25, 0.3) is 0 Å². The largest absolute Gasteiger partial charge is 0.383 e. The van der Waals surface area contributed by atoms with Crippen molar-refractivity contribution in [3.05, 3.63) is 23.8 Å². The summed E-state index contributed by atoms with van der Waals surface area (Å²) in [5.74, 6) is 0.701. The number of para-hydroxylation sites is 1. The van der Waals surface area contributed by atoms with E-state index in [1.54, 1.807) is 0 Å². The van der Waals surface area contributed by atoms with Crippen LogP contribution < -0.4 is 10.2 Å². The van der Waals surface area contributed by atoms with Crippen molar-refractivity contribution in [2.45, 2.75) is 20.3 Å². The molecule has 82 valence electrons. The van der Waals surface area contributed by atoms with Gasteiger partial charge in [-0.1, -0.05) is 26.0 Å². The van der Waals surface area contributed by atoms with Crippen molar-refractivity contribution in [1.29, 1.82) is 0 Å². The summed E-state index contributed by atoms with van der Waals surface area (Å²) >= 11 is 0. The second-order valence-corrected chi connectivity index (χ2v) is 4.53. The van der Waals surface area contributed by atoms with E-state index in [-0.39, 0.29) is 0 Å². The molecule has 1 unspecified atom stereocenters. The number of aryl methyl sites for hydroxylation is 1. The van der Waals surface area contributed by atoms with Crippen LogP contribution in [-0.4, -0.2) is 20.1 Å². The van der Waals surface area contributed by atoms with Gasteiger partial charge in [0.2, 0.25) is 0 Å². The molecule has 1 heterocycles. The maximum atomic E-state index is 3.54. The zero-order valence-electron chi connectivity index (χ0n) is 9.88.